The molecule has 0 saturated heterocycles. The number of ketones is 1. The highest BCUT2D eigenvalue weighted by Crippen LogP contribution is 2.21. The van der Waals surface area contributed by atoms with Crippen LogP contribution in [0.2, 0.25) is 0 Å². The number of carbonyl (C=O) groups is 2. The van der Waals surface area contributed by atoms with E-state index in [1.54, 1.807) is 0 Å². The molecule has 12 heavy (non-hydrogen) atoms. The molecular formula is C8H10O4. The highest BCUT2D eigenvalue weighted by Gasteiger charge is 2.39. The van der Waals surface area contributed by atoms with Gasteiger partial charge in [0.1, 0.15) is 0 Å². The maximum Gasteiger partial charge on any atom is 0.350 e. The standard InChI is InChI=1S/C8H10O4/c1-8(7(10)11-2)5-6(9)3-4-12-8/h3-4H,5H2,1-2H3. The fraction of sp³-hybridized carbons (Fsp3) is 0.500. The number of esters is 1. The Bertz CT molecular complexity index is 243. The number of rotatable bonds is 1. The minimum absolute atomic E-state index is 0.0379. The lowest BCUT2D eigenvalue weighted by Crippen LogP contribution is -2.41. The fourth-order valence-electron chi connectivity index (χ4n) is 1.03. The Morgan fingerprint density at radius 1 is 1.75 bits per heavy atom. The molecule has 0 aromatic heterocycles. The molecule has 1 atom stereocenters. The highest BCUT2D eigenvalue weighted by molar-refractivity contribution is 5.96. The molecule has 0 bridgehead atoms. The Balaban J connectivity index is 2.79. The maximum atomic E-state index is 11.1. The van der Waals surface area contributed by atoms with Gasteiger partial charge in [0.2, 0.25) is 5.60 Å². The molecule has 0 saturated carbocycles. The molecule has 1 aliphatic rings. The lowest BCUT2D eigenvalue weighted by atomic mass is 9.98. The van der Waals surface area contributed by atoms with Crippen LogP contribution in [0.1, 0.15) is 13.3 Å². The zero-order chi connectivity index (χ0) is 9.19. The van der Waals surface area contributed by atoms with E-state index in [9.17, 15) is 9.59 Å². The number of carbonyl (C=O) groups excluding carboxylic acids is 2. The molecular weight excluding hydrogens is 160 g/mol. The van der Waals surface area contributed by atoms with Crippen molar-refractivity contribution in [3.05, 3.63) is 12.3 Å². The minimum atomic E-state index is -1.14. The second-order valence-corrected chi connectivity index (χ2v) is 2.79. The van der Waals surface area contributed by atoms with Crippen molar-refractivity contribution in [1.82, 2.24) is 0 Å². The van der Waals surface area contributed by atoms with Crippen LogP contribution in [0, 0.1) is 0 Å². The molecule has 66 valence electrons. The first-order chi connectivity index (χ1) is 5.58. The average molecular weight is 170 g/mol. The lowest BCUT2D eigenvalue weighted by molar-refractivity contribution is -0.164. The van der Waals surface area contributed by atoms with Gasteiger partial charge in [-0.15, -0.1) is 0 Å². The molecule has 0 radical (unpaired) electrons. The second kappa shape index (κ2) is 2.97. The van der Waals surface area contributed by atoms with E-state index in [1.807, 2.05) is 0 Å². The largest absolute Gasteiger partial charge is 0.483 e. The molecule has 0 aromatic carbocycles. The van der Waals surface area contributed by atoms with Gasteiger partial charge in [0.05, 0.1) is 19.8 Å². The SMILES string of the molecule is COC(=O)C1(C)CC(=O)C=CO1. The second-order valence-electron chi connectivity index (χ2n) is 2.79. The molecule has 0 fully saturated rings. The van der Waals surface area contributed by atoms with Gasteiger partial charge < -0.3 is 9.47 Å². The molecule has 4 heteroatoms. The van der Waals surface area contributed by atoms with Crippen molar-refractivity contribution in [2.45, 2.75) is 18.9 Å². The molecule has 0 N–H and O–H groups in total. The number of methoxy groups -OCH3 is 1. The van der Waals surface area contributed by atoms with Crippen LogP contribution in [0.3, 0.4) is 0 Å². The summed E-state index contributed by atoms with van der Waals surface area (Å²) in [5, 5.41) is 0. The van der Waals surface area contributed by atoms with Crippen LogP contribution in [0.5, 0.6) is 0 Å². The van der Waals surface area contributed by atoms with E-state index in [0.717, 1.165) is 0 Å². The van der Waals surface area contributed by atoms with E-state index < -0.39 is 11.6 Å². The van der Waals surface area contributed by atoms with E-state index >= 15 is 0 Å². The molecule has 0 aromatic rings. The summed E-state index contributed by atoms with van der Waals surface area (Å²) >= 11 is 0. The maximum absolute atomic E-state index is 11.1. The van der Waals surface area contributed by atoms with E-state index in [-0.39, 0.29) is 12.2 Å². The molecule has 0 amide bonds. The first kappa shape index (κ1) is 8.77. The van der Waals surface area contributed by atoms with Gasteiger partial charge in [-0.2, -0.15) is 0 Å². The van der Waals surface area contributed by atoms with Crippen LogP contribution in [0.25, 0.3) is 0 Å². The van der Waals surface area contributed by atoms with E-state index in [0.29, 0.717) is 0 Å². The molecule has 1 heterocycles. The molecule has 0 aliphatic carbocycles. The van der Waals surface area contributed by atoms with Gasteiger partial charge >= 0.3 is 5.97 Å². The Kier molecular flexibility index (Phi) is 2.17. The topological polar surface area (TPSA) is 52.6 Å². The number of ether oxygens (including phenoxy) is 2. The Morgan fingerprint density at radius 3 is 2.92 bits per heavy atom. The molecule has 4 nitrogen and oxygen atoms in total. The van der Waals surface area contributed by atoms with Gasteiger partial charge in [-0.25, -0.2) is 4.79 Å². The average Bonchev–Trinajstić information content (AvgIpc) is 2.02. The highest BCUT2D eigenvalue weighted by atomic mass is 16.6. The van der Waals surface area contributed by atoms with E-state index in [4.69, 9.17) is 4.74 Å². The summed E-state index contributed by atoms with van der Waals surface area (Å²) in [7, 11) is 1.26. The first-order valence-corrected chi connectivity index (χ1v) is 3.54. The van der Waals surface area contributed by atoms with Crippen molar-refractivity contribution in [2.24, 2.45) is 0 Å². The van der Waals surface area contributed by atoms with Crippen LogP contribution >= 0.6 is 0 Å². The molecule has 1 unspecified atom stereocenters. The third kappa shape index (κ3) is 1.47. The smallest absolute Gasteiger partial charge is 0.350 e. The summed E-state index contributed by atoms with van der Waals surface area (Å²) in [6.45, 7) is 1.53. The summed E-state index contributed by atoms with van der Waals surface area (Å²) in [5.74, 6) is -0.658. The predicted molar refractivity (Wildman–Crippen MR) is 40.3 cm³/mol. The quantitative estimate of drug-likeness (QED) is 0.535. The van der Waals surface area contributed by atoms with E-state index in [1.165, 1.54) is 26.4 Å². The lowest BCUT2D eigenvalue weighted by Gasteiger charge is -2.27. The van der Waals surface area contributed by atoms with Gasteiger partial charge in [0.25, 0.3) is 0 Å². The van der Waals surface area contributed by atoms with Gasteiger partial charge in [-0.3, -0.25) is 4.79 Å². The zero-order valence-electron chi connectivity index (χ0n) is 6.99. The Hall–Kier alpha value is -1.32. The molecule has 1 aliphatic heterocycles. The number of hydrogen-bond acceptors (Lipinski definition) is 4. The zero-order valence-corrected chi connectivity index (χ0v) is 6.99. The fourth-order valence-corrected chi connectivity index (χ4v) is 1.03. The van der Waals surface area contributed by atoms with Crippen LogP contribution in [-0.2, 0) is 19.1 Å². The molecule has 1 rings (SSSR count). The van der Waals surface area contributed by atoms with Gasteiger partial charge in [0, 0.05) is 6.08 Å². The summed E-state index contributed by atoms with van der Waals surface area (Å²) in [5.41, 5.74) is -1.14. The predicted octanol–water partition coefficient (Wildman–Crippen LogP) is 0.421. The number of allylic oxidation sites excluding steroid dienone is 1. The van der Waals surface area contributed by atoms with E-state index in [2.05, 4.69) is 4.74 Å². The summed E-state index contributed by atoms with van der Waals surface area (Å²) in [4.78, 5) is 22.0. The van der Waals surface area contributed by atoms with Crippen LogP contribution in [-0.4, -0.2) is 24.5 Å². The van der Waals surface area contributed by atoms with Crippen molar-refractivity contribution < 1.29 is 19.1 Å². The monoisotopic (exact) mass is 170 g/mol. The Morgan fingerprint density at radius 2 is 2.42 bits per heavy atom. The van der Waals surface area contributed by atoms with Crippen molar-refractivity contribution in [1.29, 1.82) is 0 Å². The third-order valence-electron chi connectivity index (χ3n) is 1.71. The van der Waals surface area contributed by atoms with Crippen molar-refractivity contribution >= 4 is 11.8 Å². The minimum Gasteiger partial charge on any atom is -0.483 e. The number of hydrogen-bond donors (Lipinski definition) is 0. The first-order valence-electron chi connectivity index (χ1n) is 3.54. The van der Waals surface area contributed by atoms with Crippen molar-refractivity contribution in [2.75, 3.05) is 7.11 Å². The van der Waals surface area contributed by atoms with Crippen LogP contribution in [0.4, 0.5) is 0 Å². The third-order valence-corrected chi connectivity index (χ3v) is 1.71. The van der Waals surface area contributed by atoms with Crippen LogP contribution < -0.4 is 0 Å². The Labute approximate surface area is 70.1 Å². The van der Waals surface area contributed by atoms with Gasteiger partial charge in [-0.1, -0.05) is 0 Å². The van der Waals surface area contributed by atoms with Crippen molar-refractivity contribution in [3.8, 4) is 0 Å². The van der Waals surface area contributed by atoms with Gasteiger partial charge in [0.15, 0.2) is 5.78 Å². The van der Waals surface area contributed by atoms with Gasteiger partial charge in [-0.05, 0) is 6.92 Å². The molecule has 0 spiro atoms. The normalized spacial score (nSPS) is 28.0. The summed E-state index contributed by atoms with van der Waals surface area (Å²) < 4.78 is 9.50. The summed E-state index contributed by atoms with van der Waals surface area (Å²) in [6, 6.07) is 0. The van der Waals surface area contributed by atoms with Crippen molar-refractivity contribution in [3.63, 3.8) is 0 Å². The summed E-state index contributed by atoms with van der Waals surface area (Å²) in [6.07, 6.45) is 2.56. The van der Waals surface area contributed by atoms with Crippen LogP contribution in [0.15, 0.2) is 12.3 Å².